The van der Waals surface area contributed by atoms with E-state index in [-0.39, 0.29) is 0 Å². The Morgan fingerprint density at radius 3 is 2.75 bits per heavy atom. The number of hydrogen-bond acceptors (Lipinski definition) is 3. The second-order valence-electron chi connectivity index (χ2n) is 4.81. The number of rotatable bonds is 6. The zero-order valence-corrected chi connectivity index (χ0v) is 12.7. The summed E-state index contributed by atoms with van der Waals surface area (Å²) >= 11 is 6.36. The van der Waals surface area contributed by atoms with Crippen LogP contribution in [0.1, 0.15) is 11.3 Å². The summed E-state index contributed by atoms with van der Waals surface area (Å²) in [6.07, 6.45) is 2.74. The number of anilines is 1. The molecule has 0 aliphatic carbocycles. The summed E-state index contributed by atoms with van der Waals surface area (Å²) in [7, 11) is 3.99. The first kappa shape index (κ1) is 14.8. The van der Waals surface area contributed by atoms with Gasteiger partial charge >= 0.3 is 0 Å². The molecule has 1 heterocycles. The third-order valence-electron chi connectivity index (χ3n) is 3.23. The van der Waals surface area contributed by atoms with Gasteiger partial charge in [-0.3, -0.25) is 4.98 Å². The standard InChI is InChI=1S/C16H20ClN3/c1-18-12-13-6-7-16(15(17)11-13)20(2)10-8-14-5-3-4-9-19-14/h3-7,9,11,18H,8,10,12H2,1-2H3. The van der Waals surface area contributed by atoms with Gasteiger partial charge in [-0.25, -0.2) is 0 Å². The molecule has 2 aromatic rings. The van der Waals surface area contributed by atoms with Crippen LogP contribution in [-0.2, 0) is 13.0 Å². The molecule has 0 radical (unpaired) electrons. The summed E-state index contributed by atoms with van der Waals surface area (Å²) in [5.41, 5.74) is 3.35. The van der Waals surface area contributed by atoms with Crippen LogP contribution in [0.2, 0.25) is 5.02 Å². The van der Waals surface area contributed by atoms with E-state index >= 15 is 0 Å². The van der Waals surface area contributed by atoms with Crippen molar-refractivity contribution in [2.75, 3.05) is 25.5 Å². The zero-order chi connectivity index (χ0) is 14.4. The molecule has 1 aromatic heterocycles. The molecule has 0 amide bonds. The Morgan fingerprint density at radius 2 is 2.10 bits per heavy atom. The summed E-state index contributed by atoms with van der Waals surface area (Å²) in [5, 5.41) is 3.92. The first-order valence-electron chi connectivity index (χ1n) is 6.75. The fourth-order valence-electron chi connectivity index (χ4n) is 2.12. The second kappa shape index (κ2) is 7.27. The van der Waals surface area contributed by atoms with Crippen LogP contribution < -0.4 is 10.2 Å². The molecule has 4 heteroatoms. The quantitative estimate of drug-likeness (QED) is 0.885. The Morgan fingerprint density at radius 1 is 1.25 bits per heavy atom. The summed E-state index contributed by atoms with van der Waals surface area (Å²) in [6, 6.07) is 12.2. The van der Waals surface area contributed by atoms with Crippen LogP contribution in [0.25, 0.3) is 0 Å². The van der Waals surface area contributed by atoms with Gasteiger partial charge in [0, 0.05) is 38.4 Å². The normalized spacial score (nSPS) is 10.6. The van der Waals surface area contributed by atoms with E-state index in [9.17, 15) is 0 Å². The van der Waals surface area contributed by atoms with Crippen molar-refractivity contribution < 1.29 is 0 Å². The molecule has 1 N–H and O–H groups in total. The molecular formula is C16H20ClN3. The monoisotopic (exact) mass is 289 g/mol. The molecule has 20 heavy (non-hydrogen) atoms. The molecule has 106 valence electrons. The van der Waals surface area contributed by atoms with Crippen LogP contribution in [0.5, 0.6) is 0 Å². The van der Waals surface area contributed by atoms with Gasteiger partial charge in [-0.1, -0.05) is 23.7 Å². The molecule has 1 aromatic carbocycles. The Kier molecular flexibility index (Phi) is 5.39. The minimum Gasteiger partial charge on any atom is -0.373 e. The van der Waals surface area contributed by atoms with E-state index in [1.54, 1.807) is 0 Å². The highest BCUT2D eigenvalue weighted by molar-refractivity contribution is 6.33. The fraction of sp³-hybridized carbons (Fsp3) is 0.312. The van der Waals surface area contributed by atoms with Crippen molar-refractivity contribution in [1.29, 1.82) is 0 Å². The molecular weight excluding hydrogens is 270 g/mol. The highest BCUT2D eigenvalue weighted by Crippen LogP contribution is 2.26. The number of hydrogen-bond donors (Lipinski definition) is 1. The van der Waals surface area contributed by atoms with Gasteiger partial charge in [0.2, 0.25) is 0 Å². The highest BCUT2D eigenvalue weighted by Gasteiger charge is 2.07. The number of benzene rings is 1. The lowest BCUT2D eigenvalue weighted by Crippen LogP contribution is -2.21. The molecule has 0 spiro atoms. The third-order valence-corrected chi connectivity index (χ3v) is 3.54. The molecule has 0 aliphatic rings. The van der Waals surface area contributed by atoms with Gasteiger partial charge in [-0.2, -0.15) is 0 Å². The van der Waals surface area contributed by atoms with Crippen molar-refractivity contribution in [3.63, 3.8) is 0 Å². The first-order valence-corrected chi connectivity index (χ1v) is 7.12. The lowest BCUT2D eigenvalue weighted by Gasteiger charge is -2.21. The Hall–Kier alpha value is -1.58. The average Bonchev–Trinajstić information content (AvgIpc) is 2.46. The van der Waals surface area contributed by atoms with Crippen LogP contribution in [0.15, 0.2) is 42.6 Å². The molecule has 0 aliphatic heterocycles. The van der Waals surface area contributed by atoms with Crippen molar-refractivity contribution in [2.24, 2.45) is 0 Å². The molecule has 3 nitrogen and oxygen atoms in total. The summed E-state index contributed by atoms with van der Waals surface area (Å²) in [4.78, 5) is 6.50. The largest absolute Gasteiger partial charge is 0.373 e. The number of nitrogens with zero attached hydrogens (tertiary/aromatic N) is 2. The maximum absolute atomic E-state index is 6.36. The molecule has 0 saturated carbocycles. The van der Waals surface area contributed by atoms with Crippen LogP contribution >= 0.6 is 11.6 Å². The number of likely N-dealkylation sites (N-methyl/N-ethyl adjacent to an activating group) is 1. The topological polar surface area (TPSA) is 28.2 Å². The number of halogens is 1. The Labute approximate surface area is 125 Å². The van der Waals surface area contributed by atoms with Crippen LogP contribution in [0.3, 0.4) is 0 Å². The van der Waals surface area contributed by atoms with Gasteiger partial charge in [0.25, 0.3) is 0 Å². The maximum Gasteiger partial charge on any atom is 0.0642 e. The molecule has 0 bridgehead atoms. The Balaban J connectivity index is 2.00. The predicted octanol–water partition coefficient (Wildman–Crippen LogP) is 3.13. The van der Waals surface area contributed by atoms with Crippen LogP contribution in [0, 0.1) is 0 Å². The molecule has 2 rings (SSSR count). The van der Waals surface area contributed by atoms with Crippen molar-refractivity contribution in [3.05, 3.63) is 58.9 Å². The average molecular weight is 290 g/mol. The lowest BCUT2D eigenvalue weighted by atomic mass is 10.2. The highest BCUT2D eigenvalue weighted by atomic mass is 35.5. The minimum atomic E-state index is 0.793. The second-order valence-corrected chi connectivity index (χ2v) is 5.22. The van der Waals surface area contributed by atoms with Gasteiger partial charge in [0.1, 0.15) is 0 Å². The number of aromatic nitrogens is 1. The van der Waals surface area contributed by atoms with E-state index < -0.39 is 0 Å². The van der Waals surface area contributed by atoms with E-state index in [0.717, 1.165) is 35.9 Å². The van der Waals surface area contributed by atoms with E-state index in [0.29, 0.717) is 0 Å². The lowest BCUT2D eigenvalue weighted by molar-refractivity contribution is 0.816. The molecule has 0 saturated heterocycles. The summed E-state index contributed by atoms with van der Waals surface area (Å²) in [5.74, 6) is 0. The Bertz CT molecular complexity index is 543. The SMILES string of the molecule is CNCc1ccc(N(C)CCc2ccccn2)c(Cl)c1. The maximum atomic E-state index is 6.36. The third kappa shape index (κ3) is 3.95. The van der Waals surface area contributed by atoms with Crippen LogP contribution in [0.4, 0.5) is 5.69 Å². The van der Waals surface area contributed by atoms with Crippen molar-refractivity contribution >= 4 is 17.3 Å². The van der Waals surface area contributed by atoms with E-state index in [2.05, 4.69) is 34.4 Å². The van der Waals surface area contributed by atoms with Crippen molar-refractivity contribution in [1.82, 2.24) is 10.3 Å². The first-order chi connectivity index (χ1) is 9.70. The van der Waals surface area contributed by atoms with E-state index in [1.807, 2.05) is 37.5 Å². The smallest absolute Gasteiger partial charge is 0.0642 e. The number of pyridine rings is 1. The van der Waals surface area contributed by atoms with Gasteiger partial charge in [0.15, 0.2) is 0 Å². The van der Waals surface area contributed by atoms with E-state index in [4.69, 9.17) is 11.6 Å². The van der Waals surface area contributed by atoms with E-state index in [1.165, 1.54) is 5.56 Å². The van der Waals surface area contributed by atoms with Crippen molar-refractivity contribution in [3.8, 4) is 0 Å². The molecule has 0 unspecified atom stereocenters. The fourth-order valence-corrected chi connectivity index (χ4v) is 2.47. The van der Waals surface area contributed by atoms with Gasteiger partial charge in [-0.05, 0) is 36.9 Å². The summed E-state index contributed by atoms with van der Waals surface area (Å²) < 4.78 is 0. The van der Waals surface area contributed by atoms with Crippen LogP contribution in [-0.4, -0.2) is 25.6 Å². The van der Waals surface area contributed by atoms with Crippen molar-refractivity contribution in [2.45, 2.75) is 13.0 Å². The van der Waals surface area contributed by atoms with Gasteiger partial charge < -0.3 is 10.2 Å². The summed E-state index contributed by atoms with van der Waals surface area (Å²) in [6.45, 7) is 1.72. The van der Waals surface area contributed by atoms with Gasteiger partial charge in [0.05, 0.1) is 10.7 Å². The zero-order valence-electron chi connectivity index (χ0n) is 11.9. The minimum absolute atomic E-state index is 0.793. The molecule has 0 fully saturated rings. The predicted molar refractivity (Wildman–Crippen MR) is 85.4 cm³/mol. The number of nitrogens with one attached hydrogen (secondary N) is 1. The van der Waals surface area contributed by atoms with Gasteiger partial charge in [-0.15, -0.1) is 0 Å². The molecule has 0 atom stereocenters.